The van der Waals surface area contributed by atoms with Gasteiger partial charge in [0.25, 0.3) is 0 Å². The van der Waals surface area contributed by atoms with Gasteiger partial charge in [-0.15, -0.1) is 0 Å². The summed E-state index contributed by atoms with van der Waals surface area (Å²) in [6.07, 6.45) is 5.31. The maximum atomic E-state index is 13.9. The summed E-state index contributed by atoms with van der Waals surface area (Å²) in [5.41, 5.74) is 0.556. The molecule has 1 saturated heterocycles. The van der Waals surface area contributed by atoms with E-state index in [0.717, 1.165) is 30.6 Å². The van der Waals surface area contributed by atoms with E-state index in [-0.39, 0.29) is 50.5 Å². The van der Waals surface area contributed by atoms with Crippen molar-refractivity contribution < 1.29 is 33.0 Å². The molecule has 1 aromatic carbocycles. The number of esters is 1. The lowest BCUT2D eigenvalue weighted by Gasteiger charge is -2.46. The SMILES string of the molecule is COC(=O)[C@]12CCCCC=C1N(Cc1ccc3c(c1)OCO3)C(=O)[C@H](CC(=O)NCc1ccc(C)o1)C2. The number of hydrogen-bond acceptors (Lipinski definition) is 7. The van der Waals surface area contributed by atoms with E-state index in [2.05, 4.69) is 5.32 Å². The van der Waals surface area contributed by atoms with E-state index in [0.29, 0.717) is 29.4 Å². The Kier molecular flexibility index (Phi) is 6.95. The van der Waals surface area contributed by atoms with E-state index in [4.69, 9.17) is 18.6 Å². The third kappa shape index (κ3) is 4.95. The van der Waals surface area contributed by atoms with E-state index in [1.165, 1.54) is 7.11 Å². The molecule has 2 aromatic rings. The quantitative estimate of drug-likeness (QED) is 0.564. The number of amides is 2. The van der Waals surface area contributed by atoms with Gasteiger partial charge < -0.3 is 28.8 Å². The number of nitrogens with zero attached hydrogens (tertiary/aromatic N) is 1. The first-order valence-corrected chi connectivity index (χ1v) is 12.7. The van der Waals surface area contributed by atoms with Crippen LogP contribution in [-0.2, 0) is 32.2 Å². The van der Waals surface area contributed by atoms with Gasteiger partial charge >= 0.3 is 5.97 Å². The van der Waals surface area contributed by atoms with Crippen LogP contribution >= 0.6 is 0 Å². The number of rotatable bonds is 7. The molecule has 1 aromatic heterocycles. The standard InChI is InChI=1S/C28H32N2O7/c1-18-7-9-21(37-18)15-29-25(31)13-20-14-28(27(33)34-2)11-5-3-4-6-24(28)30(26(20)32)16-19-8-10-22-23(12-19)36-17-35-22/h6-10,12,20H,3-5,11,13-17H2,1-2H3,(H,29,31)/t20-,28+/m1/s1. The number of fused-ring (bicyclic) bond motifs is 2. The molecule has 3 aliphatic rings. The van der Waals surface area contributed by atoms with E-state index in [9.17, 15) is 14.4 Å². The van der Waals surface area contributed by atoms with Gasteiger partial charge in [-0.05, 0) is 62.4 Å². The fraction of sp³-hybridized carbons (Fsp3) is 0.464. The van der Waals surface area contributed by atoms with Crippen LogP contribution in [0.4, 0.5) is 0 Å². The predicted octanol–water partition coefficient (Wildman–Crippen LogP) is 3.99. The molecule has 5 rings (SSSR count). The van der Waals surface area contributed by atoms with Gasteiger partial charge in [-0.2, -0.15) is 0 Å². The van der Waals surface area contributed by atoms with Gasteiger partial charge in [0.05, 0.1) is 20.2 Å². The van der Waals surface area contributed by atoms with Crippen LogP contribution in [0.15, 0.2) is 46.5 Å². The molecule has 1 N–H and O–H groups in total. The summed E-state index contributed by atoms with van der Waals surface area (Å²) in [4.78, 5) is 41.8. The molecule has 2 atom stereocenters. The molecule has 2 amide bonds. The van der Waals surface area contributed by atoms with E-state index in [1.807, 2.05) is 43.3 Å². The molecule has 3 heterocycles. The highest BCUT2D eigenvalue weighted by atomic mass is 16.7. The average molecular weight is 509 g/mol. The highest BCUT2D eigenvalue weighted by Gasteiger charge is 2.53. The summed E-state index contributed by atoms with van der Waals surface area (Å²) in [6, 6.07) is 9.21. The van der Waals surface area contributed by atoms with Crippen LogP contribution in [0.25, 0.3) is 0 Å². The number of furan rings is 1. The van der Waals surface area contributed by atoms with Crippen molar-refractivity contribution in [1.29, 1.82) is 0 Å². The van der Waals surface area contributed by atoms with Crippen LogP contribution in [0.5, 0.6) is 11.5 Å². The van der Waals surface area contributed by atoms with Crippen molar-refractivity contribution in [1.82, 2.24) is 10.2 Å². The number of carbonyl (C=O) groups is 3. The number of piperidine rings is 1. The summed E-state index contributed by atoms with van der Waals surface area (Å²) in [7, 11) is 1.38. The lowest BCUT2D eigenvalue weighted by molar-refractivity contribution is -0.160. The van der Waals surface area contributed by atoms with Crippen LogP contribution in [0, 0.1) is 18.3 Å². The second-order valence-corrected chi connectivity index (χ2v) is 9.92. The Morgan fingerprint density at radius 2 is 2.00 bits per heavy atom. The fourth-order valence-corrected chi connectivity index (χ4v) is 5.65. The first-order chi connectivity index (χ1) is 17.9. The minimum atomic E-state index is -0.974. The third-order valence-electron chi connectivity index (χ3n) is 7.43. The Labute approximate surface area is 215 Å². The topological polar surface area (TPSA) is 107 Å². The number of likely N-dealkylation sites (tertiary alicyclic amines) is 1. The Hall–Kier alpha value is -3.75. The van der Waals surface area contributed by atoms with Crippen molar-refractivity contribution >= 4 is 17.8 Å². The fourth-order valence-electron chi connectivity index (χ4n) is 5.65. The monoisotopic (exact) mass is 508 g/mol. The van der Waals surface area contributed by atoms with Crippen molar-refractivity contribution in [3.8, 4) is 11.5 Å². The molecule has 37 heavy (non-hydrogen) atoms. The number of allylic oxidation sites excluding steroid dienone is 1. The van der Waals surface area contributed by atoms with Gasteiger partial charge in [0.2, 0.25) is 18.6 Å². The number of nitrogens with one attached hydrogen (secondary N) is 1. The highest BCUT2D eigenvalue weighted by Crippen LogP contribution is 2.50. The number of carbonyl (C=O) groups excluding carboxylic acids is 3. The smallest absolute Gasteiger partial charge is 0.317 e. The highest BCUT2D eigenvalue weighted by molar-refractivity contribution is 5.92. The van der Waals surface area contributed by atoms with E-state index in [1.54, 1.807) is 4.90 Å². The largest absolute Gasteiger partial charge is 0.468 e. The van der Waals surface area contributed by atoms with Crippen LogP contribution in [0.1, 0.15) is 55.6 Å². The molecule has 1 fully saturated rings. The summed E-state index contributed by atoms with van der Waals surface area (Å²) in [6.45, 7) is 2.49. The molecule has 2 aliphatic heterocycles. The normalized spacial score (nSPS) is 22.6. The van der Waals surface area contributed by atoms with Crippen LogP contribution in [-0.4, -0.2) is 36.6 Å². The molecule has 0 unspecified atom stereocenters. The summed E-state index contributed by atoms with van der Waals surface area (Å²) >= 11 is 0. The number of methoxy groups -OCH3 is 1. The Morgan fingerprint density at radius 1 is 1.16 bits per heavy atom. The van der Waals surface area contributed by atoms with Gasteiger partial charge in [0, 0.05) is 18.0 Å². The lowest BCUT2D eigenvalue weighted by Crippen LogP contribution is -2.53. The maximum Gasteiger partial charge on any atom is 0.317 e. The third-order valence-corrected chi connectivity index (χ3v) is 7.43. The molecular formula is C28H32N2O7. The minimum Gasteiger partial charge on any atom is -0.468 e. The zero-order valence-corrected chi connectivity index (χ0v) is 21.2. The molecule has 0 saturated carbocycles. The van der Waals surface area contributed by atoms with E-state index >= 15 is 0 Å². The first kappa shape index (κ1) is 24.9. The zero-order chi connectivity index (χ0) is 26.0. The predicted molar refractivity (Wildman–Crippen MR) is 132 cm³/mol. The summed E-state index contributed by atoms with van der Waals surface area (Å²) < 4.78 is 21.8. The molecule has 1 aliphatic carbocycles. The summed E-state index contributed by atoms with van der Waals surface area (Å²) in [5.74, 6) is 1.23. The molecule has 196 valence electrons. The van der Waals surface area contributed by atoms with Crippen molar-refractivity contribution in [2.24, 2.45) is 11.3 Å². The van der Waals surface area contributed by atoms with Crippen LogP contribution in [0.2, 0.25) is 0 Å². The second kappa shape index (κ2) is 10.3. The van der Waals surface area contributed by atoms with Crippen molar-refractivity contribution in [3.63, 3.8) is 0 Å². The number of hydrogen-bond donors (Lipinski definition) is 1. The Balaban J connectivity index is 1.42. The van der Waals surface area contributed by atoms with Crippen LogP contribution in [0.3, 0.4) is 0 Å². The van der Waals surface area contributed by atoms with Gasteiger partial charge in [-0.25, -0.2) is 0 Å². The van der Waals surface area contributed by atoms with Gasteiger partial charge in [0.1, 0.15) is 16.9 Å². The Bertz CT molecular complexity index is 1230. The first-order valence-electron chi connectivity index (χ1n) is 12.7. The van der Waals surface area contributed by atoms with Crippen molar-refractivity contribution in [2.75, 3.05) is 13.9 Å². The number of aryl methyl sites for hydroxylation is 1. The van der Waals surface area contributed by atoms with Gasteiger partial charge in [-0.3, -0.25) is 14.4 Å². The molecule has 0 radical (unpaired) electrons. The average Bonchev–Trinajstić information content (AvgIpc) is 3.48. The summed E-state index contributed by atoms with van der Waals surface area (Å²) in [5, 5.41) is 2.85. The zero-order valence-electron chi connectivity index (χ0n) is 21.2. The number of ether oxygens (including phenoxy) is 3. The van der Waals surface area contributed by atoms with Crippen molar-refractivity contribution in [3.05, 3.63) is 59.2 Å². The number of benzene rings is 1. The molecule has 0 spiro atoms. The van der Waals surface area contributed by atoms with Gasteiger partial charge in [0.15, 0.2) is 11.5 Å². The van der Waals surface area contributed by atoms with E-state index < -0.39 is 11.3 Å². The Morgan fingerprint density at radius 3 is 2.78 bits per heavy atom. The van der Waals surface area contributed by atoms with Crippen LogP contribution < -0.4 is 14.8 Å². The van der Waals surface area contributed by atoms with Gasteiger partial charge in [-0.1, -0.05) is 18.6 Å². The second-order valence-electron chi connectivity index (χ2n) is 9.92. The lowest BCUT2D eigenvalue weighted by atomic mass is 9.69. The van der Waals surface area contributed by atoms with Crippen molar-refractivity contribution in [2.45, 2.75) is 58.5 Å². The molecular weight excluding hydrogens is 476 g/mol. The molecule has 0 bridgehead atoms. The molecule has 9 heteroatoms. The maximum absolute atomic E-state index is 13.9. The minimum absolute atomic E-state index is 0.0256. The molecule has 9 nitrogen and oxygen atoms in total.